The van der Waals surface area contributed by atoms with Gasteiger partial charge in [0, 0.05) is 6.42 Å². The second-order valence-electron chi connectivity index (χ2n) is 8.81. The highest BCUT2D eigenvalue weighted by Gasteiger charge is 2.61. The number of rotatable bonds is 0. The van der Waals surface area contributed by atoms with Gasteiger partial charge in [0.25, 0.3) is 0 Å². The molecule has 4 aliphatic carbocycles. The van der Waals surface area contributed by atoms with Crippen molar-refractivity contribution in [1.82, 2.24) is 0 Å². The second kappa shape index (κ2) is 4.67. The molecular formula is C19H28O3. The Morgan fingerprint density at radius 1 is 1.14 bits per heavy atom. The van der Waals surface area contributed by atoms with Gasteiger partial charge in [-0.2, -0.15) is 0 Å². The summed E-state index contributed by atoms with van der Waals surface area (Å²) in [4.78, 5) is 11.8. The molecule has 4 rings (SSSR count). The van der Waals surface area contributed by atoms with Crippen molar-refractivity contribution < 1.29 is 15.0 Å². The Balaban J connectivity index is 1.68. The minimum atomic E-state index is -0.563. The smallest absolute Gasteiger partial charge is 0.155 e. The highest BCUT2D eigenvalue weighted by molar-refractivity contribution is 5.91. The molecule has 0 unspecified atom stereocenters. The van der Waals surface area contributed by atoms with Crippen LogP contribution in [0, 0.1) is 34.5 Å². The largest absolute Gasteiger partial charge is 0.390 e. The Kier molecular flexibility index (Phi) is 3.16. The lowest BCUT2D eigenvalue weighted by atomic mass is 9.46. The molecule has 0 bridgehead atoms. The summed E-state index contributed by atoms with van der Waals surface area (Å²) in [5, 5.41) is 20.7. The number of aliphatic hydroxyl groups is 2. The predicted octanol–water partition coefficient (Wildman–Crippen LogP) is 2.71. The average molecular weight is 304 g/mol. The monoisotopic (exact) mass is 304 g/mol. The molecule has 3 fully saturated rings. The van der Waals surface area contributed by atoms with Crippen LogP contribution >= 0.6 is 0 Å². The molecule has 0 aromatic heterocycles. The van der Waals surface area contributed by atoms with Crippen molar-refractivity contribution in [2.75, 3.05) is 0 Å². The van der Waals surface area contributed by atoms with Crippen LogP contribution in [-0.4, -0.2) is 28.2 Å². The van der Waals surface area contributed by atoms with E-state index in [1.807, 2.05) is 6.08 Å². The number of aliphatic hydroxyl groups excluding tert-OH is 2. The lowest BCUT2D eigenvalue weighted by Gasteiger charge is -2.58. The molecular weight excluding hydrogens is 276 g/mol. The van der Waals surface area contributed by atoms with Crippen LogP contribution in [0.15, 0.2) is 12.2 Å². The van der Waals surface area contributed by atoms with E-state index in [2.05, 4.69) is 19.9 Å². The van der Waals surface area contributed by atoms with Gasteiger partial charge in [-0.1, -0.05) is 19.9 Å². The first-order valence-electron chi connectivity index (χ1n) is 8.94. The summed E-state index contributed by atoms with van der Waals surface area (Å²) in [7, 11) is 0. The van der Waals surface area contributed by atoms with Crippen molar-refractivity contribution in [3.8, 4) is 0 Å². The van der Waals surface area contributed by atoms with Gasteiger partial charge in [-0.15, -0.1) is 0 Å². The molecule has 0 radical (unpaired) electrons. The number of allylic oxidation sites excluding steroid dienone is 2. The summed E-state index contributed by atoms with van der Waals surface area (Å²) in [6, 6.07) is 0. The molecule has 0 aromatic rings. The molecule has 0 aromatic carbocycles. The minimum absolute atomic E-state index is 0.113. The second-order valence-corrected chi connectivity index (χ2v) is 8.81. The summed E-state index contributed by atoms with van der Waals surface area (Å²) in [5.74, 6) is 2.40. The van der Waals surface area contributed by atoms with Crippen LogP contribution < -0.4 is 0 Å². The van der Waals surface area contributed by atoms with Crippen molar-refractivity contribution in [1.29, 1.82) is 0 Å². The predicted molar refractivity (Wildman–Crippen MR) is 84.0 cm³/mol. The molecule has 8 atom stereocenters. The fourth-order valence-electron chi connectivity index (χ4n) is 6.62. The Hall–Kier alpha value is -0.670. The number of hydrogen-bond acceptors (Lipinski definition) is 3. The van der Waals surface area contributed by atoms with Gasteiger partial charge in [-0.25, -0.2) is 0 Å². The lowest BCUT2D eigenvalue weighted by Crippen LogP contribution is -2.53. The van der Waals surface area contributed by atoms with Crippen LogP contribution in [0.1, 0.15) is 52.4 Å². The first-order chi connectivity index (χ1) is 10.4. The third-order valence-electron chi connectivity index (χ3n) is 8.01. The number of fused-ring (bicyclic) bond motifs is 5. The quantitative estimate of drug-likeness (QED) is 0.723. The van der Waals surface area contributed by atoms with E-state index >= 15 is 0 Å². The van der Waals surface area contributed by atoms with E-state index in [1.165, 1.54) is 0 Å². The summed E-state index contributed by atoms with van der Waals surface area (Å²) in [6.07, 6.45) is 8.75. The fraction of sp³-hybridized carbons (Fsp3) is 0.842. The van der Waals surface area contributed by atoms with Gasteiger partial charge in [-0.3, -0.25) is 4.79 Å². The van der Waals surface area contributed by atoms with E-state index in [9.17, 15) is 15.0 Å². The summed E-state index contributed by atoms with van der Waals surface area (Å²) >= 11 is 0. The average Bonchev–Trinajstić information content (AvgIpc) is 2.72. The van der Waals surface area contributed by atoms with Crippen LogP contribution in [0.25, 0.3) is 0 Å². The molecule has 22 heavy (non-hydrogen) atoms. The third-order valence-corrected chi connectivity index (χ3v) is 8.01. The maximum Gasteiger partial charge on any atom is 0.155 e. The molecule has 0 heterocycles. The van der Waals surface area contributed by atoms with Gasteiger partial charge in [-0.05, 0) is 72.7 Å². The number of ketones is 1. The van der Waals surface area contributed by atoms with Crippen molar-refractivity contribution in [3.05, 3.63) is 12.2 Å². The molecule has 3 heteroatoms. The van der Waals surface area contributed by atoms with E-state index < -0.39 is 12.2 Å². The van der Waals surface area contributed by atoms with E-state index in [0.29, 0.717) is 30.1 Å². The topological polar surface area (TPSA) is 57.5 Å². The van der Waals surface area contributed by atoms with Gasteiger partial charge in [0.15, 0.2) is 5.78 Å². The van der Waals surface area contributed by atoms with E-state index in [4.69, 9.17) is 0 Å². The third kappa shape index (κ3) is 1.78. The SMILES string of the molecule is C[C@]12C=CC(=O)C[C@@H]1CC[C@@H]1[C@@H]2CC[C@]2(C)[C@@H](O)[C@@H](O)C[C@@H]12. The Bertz CT molecular complexity index is 527. The Morgan fingerprint density at radius 3 is 2.68 bits per heavy atom. The first kappa shape index (κ1) is 14.9. The van der Waals surface area contributed by atoms with E-state index in [0.717, 1.165) is 32.1 Å². The normalized spacial score (nSPS) is 57.2. The zero-order chi connectivity index (χ0) is 15.7. The van der Waals surface area contributed by atoms with Crippen molar-refractivity contribution in [2.24, 2.45) is 34.5 Å². The van der Waals surface area contributed by atoms with Crippen molar-refractivity contribution in [2.45, 2.75) is 64.6 Å². The number of hydrogen-bond donors (Lipinski definition) is 2. The molecule has 0 saturated heterocycles. The molecule has 2 N–H and O–H groups in total. The van der Waals surface area contributed by atoms with Gasteiger partial charge < -0.3 is 10.2 Å². The van der Waals surface area contributed by atoms with E-state index in [-0.39, 0.29) is 16.6 Å². The van der Waals surface area contributed by atoms with Gasteiger partial charge in [0.2, 0.25) is 0 Å². The van der Waals surface area contributed by atoms with Crippen LogP contribution in [-0.2, 0) is 4.79 Å². The van der Waals surface area contributed by atoms with Crippen LogP contribution in [0.2, 0.25) is 0 Å². The minimum Gasteiger partial charge on any atom is -0.390 e. The molecule has 122 valence electrons. The molecule has 0 amide bonds. The zero-order valence-corrected chi connectivity index (χ0v) is 13.7. The molecule has 4 aliphatic rings. The number of carbonyl (C=O) groups is 1. The molecule has 0 spiro atoms. The van der Waals surface area contributed by atoms with Crippen LogP contribution in [0.3, 0.4) is 0 Å². The summed E-state index contributed by atoms with van der Waals surface area (Å²) in [6.45, 7) is 4.53. The number of carbonyl (C=O) groups excluding carboxylic acids is 1. The summed E-state index contributed by atoms with van der Waals surface area (Å²) < 4.78 is 0. The maximum atomic E-state index is 11.8. The lowest BCUT2D eigenvalue weighted by molar-refractivity contribution is -0.124. The van der Waals surface area contributed by atoms with Crippen LogP contribution in [0.5, 0.6) is 0 Å². The summed E-state index contributed by atoms with van der Waals surface area (Å²) in [5.41, 5.74) is 0.0225. The highest BCUT2D eigenvalue weighted by atomic mass is 16.3. The fourth-order valence-corrected chi connectivity index (χ4v) is 6.62. The Morgan fingerprint density at radius 2 is 1.91 bits per heavy atom. The molecule has 3 saturated carbocycles. The highest BCUT2D eigenvalue weighted by Crippen LogP contribution is 2.65. The molecule has 0 aliphatic heterocycles. The maximum absolute atomic E-state index is 11.8. The van der Waals surface area contributed by atoms with E-state index in [1.54, 1.807) is 0 Å². The van der Waals surface area contributed by atoms with Crippen LogP contribution in [0.4, 0.5) is 0 Å². The van der Waals surface area contributed by atoms with Crippen molar-refractivity contribution in [3.63, 3.8) is 0 Å². The van der Waals surface area contributed by atoms with Crippen molar-refractivity contribution >= 4 is 5.78 Å². The van der Waals surface area contributed by atoms with Gasteiger partial charge in [0.1, 0.15) is 0 Å². The first-order valence-corrected chi connectivity index (χ1v) is 8.94. The molecule has 3 nitrogen and oxygen atoms in total. The van der Waals surface area contributed by atoms with Gasteiger partial charge >= 0.3 is 0 Å². The standard InChI is InChI=1S/C19H28O3/c1-18-7-5-12(20)9-11(18)3-4-13-14(18)6-8-19(2)15(13)10-16(21)17(19)22/h5,7,11,13-17,21-22H,3-4,6,8-10H2,1-2H3/t11-,13+,14-,15-,16-,17-,18-,19-/m0/s1. The van der Waals surface area contributed by atoms with Gasteiger partial charge in [0.05, 0.1) is 12.2 Å². The Labute approximate surface area is 132 Å². The zero-order valence-electron chi connectivity index (χ0n) is 13.7.